The molecule has 0 amide bonds. The zero-order valence-electron chi connectivity index (χ0n) is 11.9. The lowest BCUT2D eigenvalue weighted by atomic mass is 9.68. The first-order valence-electron chi connectivity index (χ1n) is 7.57. The topological polar surface area (TPSA) is 29.3 Å². The first-order chi connectivity index (χ1) is 8.10. The van der Waals surface area contributed by atoms with Crippen LogP contribution in [0.3, 0.4) is 0 Å². The predicted molar refractivity (Wildman–Crippen MR) is 74.0 cm³/mol. The second-order valence-corrected chi connectivity index (χ2v) is 6.63. The van der Waals surface area contributed by atoms with Crippen molar-refractivity contribution < 1.29 is 0 Å². The average molecular weight is 238 g/mol. The van der Waals surface area contributed by atoms with Gasteiger partial charge in [-0.15, -0.1) is 0 Å². The lowest BCUT2D eigenvalue weighted by molar-refractivity contribution is -0.0394. The Morgan fingerprint density at radius 3 is 2.53 bits per heavy atom. The van der Waals surface area contributed by atoms with Crippen molar-refractivity contribution in [1.82, 2.24) is 4.90 Å². The lowest BCUT2D eigenvalue weighted by Crippen LogP contribution is -2.63. The molecule has 0 aromatic rings. The second-order valence-electron chi connectivity index (χ2n) is 6.63. The Bertz CT molecular complexity index is 253. The number of rotatable bonds is 2. The van der Waals surface area contributed by atoms with E-state index in [0.717, 1.165) is 24.4 Å². The molecule has 2 heteroatoms. The molecule has 0 aromatic carbocycles. The summed E-state index contributed by atoms with van der Waals surface area (Å²) in [6, 6.07) is 0.739. The second kappa shape index (κ2) is 5.27. The van der Waals surface area contributed by atoms with Crippen LogP contribution >= 0.6 is 0 Å². The van der Waals surface area contributed by atoms with Crippen LogP contribution in [-0.2, 0) is 0 Å². The minimum atomic E-state index is 0.312. The maximum Gasteiger partial charge on any atom is 0.0360 e. The highest BCUT2D eigenvalue weighted by atomic mass is 15.2. The van der Waals surface area contributed by atoms with Gasteiger partial charge in [-0.05, 0) is 57.4 Å². The summed E-state index contributed by atoms with van der Waals surface area (Å²) >= 11 is 0. The van der Waals surface area contributed by atoms with Crippen LogP contribution in [0.1, 0.15) is 59.3 Å². The molecule has 1 heterocycles. The van der Waals surface area contributed by atoms with Gasteiger partial charge in [-0.25, -0.2) is 0 Å². The number of nitrogens with two attached hydrogens (primary N) is 1. The highest BCUT2D eigenvalue weighted by Gasteiger charge is 2.45. The maximum atomic E-state index is 6.23. The fourth-order valence-corrected chi connectivity index (χ4v) is 4.29. The fourth-order valence-electron chi connectivity index (χ4n) is 4.29. The van der Waals surface area contributed by atoms with Crippen molar-refractivity contribution >= 4 is 0 Å². The van der Waals surface area contributed by atoms with Crippen molar-refractivity contribution in [3.8, 4) is 0 Å². The van der Waals surface area contributed by atoms with Crippen molar-refractivity contribution in [3.05, 3.63) is 0 Å². The van der Waals surface area contributed by atoms with E-state index in [1.165, 1.54) is 45.1 Å². The smallest absolute Gasteiger partial charge is 0.0360 e. The van der Waals surface area contributed by atoms with Crippen molar-refractivity contribution in [2.24, 2.45) is 17.6 Å². The van der Waals surface area contributed by atoms with Gasteiger partial charge in [0.25, 0.3) is 0 Å². The molecule has 0 radical (unpaired) electrons. The Balaban J connectivity index is 2.17. The third-order valence-electron chi connectivity index (χ3n) is 5.47. The van der Waals surface area contributed by atoms with Crippen LogP contribution in [0.5, 0.6) is 0 Å². The SMILES string of the molecule is CC1CCC(CN)(N2CCCCC2C)C(C)C1. The summed E-state index contributed by atoms with van der Waals surface area (Å²) in [5, 5.41) is 0. The van der Waals surface area contributed by atoms with Crippen LogP contribution in [0.2, 0.25) is 0 Å². The lowest BCUT2D eigenvalue weighted by Gasteiger charge is -2.55. The third kappa shape index (κ3) is 2.39. The minimum absolute atomic E-state index is 0.312. The van der Waals surface area contributed by atoms with Crippen molar-refractivity contribution in [2.45, 2.75) is 70.9 Å². The molecule has 2 N–H and O–H groups in total. The zero-order chi connectivity index (χ0) is 12.5. The van der Waals surface area contributed by atoms with Crippen molar-refractivity contribution in [3.63, 3.8) is 0 Å². The Morgan fingerprint density at radius 2 is 1.94 bits per heavy atom. The van der Waals surface area contributed by atoms with Crippen molar-refractivity contribution in [2.75, 3.05) is 13.1 Å². The van der Waals surface area contributed by atoms with Crippen molar-refractivity contribution in [1.29, 1.82) is 0 Å². The number of piperidine rings is 1. The molecule has 4 unspecified atom stereocenters. The number of hydrogen-bond acceptors (Lipinski definition) is 2. The maximum absolute atomic E-state index is 6.23. The van der Waals surface area contributed by atoms with Gasteiger partial charge in [0.1, 0.15) is 0 Å². The average Bonchev–Trinajstić information content (AvgIpc) is 2.31. The van der Waals surface area contributed by atoms with Gasteiger partial charge >= 0.3 is 0 Å². The molecule has 0 spiro atoms. The summed E-state index contributed by atoms with van der Waals surface area (Å²) in [5.74, 6) is 1.65. The number of likely N-dealkylation sites (tertiary alicyclic amines) is 1. The highest BCUT2D eigenvalue weighted by Crippen LogP contribution is 2.42. The molecule has 1 saturated carbocycles. The Hall–Kier alpha value is -0.0800. The van der Waals surface area contributed by atoms with E-state index in [2.05, 4.69) is 25.7 Å². The fraction of sp³-hybridized carbons (Fsp3) is 1.00. The minimum Gasteiger partial charge on any atom is -0.329 e. The van der Waals surface area contributed by atoms with Crippen LogP contribution in [0.25, 0.3) is 0 Å². The Kier molecular flexibility index (Phi) is 4.14. The van der Waals surface area contributed by atoms with Gasteiger partial charge in [0.15, 0.2) is 0 Å². The van der Waals surface area contributed by atoms with E-state index in [4.69, 9.17) is 5.73 Å². The summed E-state index contributed by atoms with van der Waals surface area (Å²) in [7, 11) is 0. The molecule has 2 rings (SSSR count). The van der Waals surface area contributed by atoms with Gasteiger partial charge in [-0.3, -0.25) is 4.90 Å². The van der Waals surface area contributed by atoms with E-state index in [1.807, 2.05) is 0 Å². The molecule has 2 aliphatic rings. The third-order valence-corrected chi connectivity index (χ3v) is 5.47. The van der Waals surface area contributed by atoms with E-state index in [-0.39, 0.29) is 0 Å². The van der Waals surface area contributed by atoms with Gasteiger partial charge in [-0.2, -0.15) is 0 Å². The van der Waals surface area contributed by atoms with Crippen LogP contribution < -0.4 is 5.73 Å². The molecular formula is C15H30N2. The van der Waals surface area contributed by atoms with E-state index in [9.17, 15) is 0 Å². The van der Waals surface area contributed by atoms with Gasteiger partial charge < -0.3 is 5.73 Å². The van der Waals surface area contributed by atoms with Crippen LogP contribution in [0, 0.1) is 11.8 Å². The standard InChI is InChI=1S/C15H30N2/c1-12-7-8-15(11-16,13(2)10-12)17-9-5-4-6-14(17)3/h12-14H,4-11,16H2,1-3H3. The highest BCUT2D eigenvalue weighted by molar-refractivity contribution is 5.01. The summed E-state index contributed by atoms with van der Waals surface area (Å²) in [5.41, 5.74) is 6.54. The van der Waals surface area contributed by atoms with E-state index >= 15 is 0 Å². The molecular weight excluding hydrogens is 208 g/mol. The molecule has 4 atom stereocenters. The summed E-state index contributed by atoms with van der Waals surface area (Å²) in [6.07, 6.45) is 8.18. The summed E-state index contributed by atoms with van der Waals surface area (Å²) in [4.78, 5) is 2.77. The predicted octanol–water partition coefficient (Wildman–Crippen LogP) is 3.01. The molecule has 1 saturated heterocycles. The Labute approximate surface area is 107 Å². The van der Waals surface area contributed by atoms with E-state index < -0.39 is 0 Å². The first kappa shape index (κ1) is 13.4. The summed E-state index contributed by atoms with van der Waals surface area (Å²) < 4.78 is 0. The van der Waals surface area contributed by atoms with Gasteiger partial charge in [0.05, 0.1) is 0 Å². The first-order valence-corrected chi connectivity index (χ1v) is 7.57. The normalized spacial score (nSPS) is 44.8. The summed E-state index contributed by atoms with van der Waals surface area (Å²) in [6.45, 7) is 9.37. The molecule has 100 valence electrons. The molecule has 1 aliphatic heterocycles. The van der Waals surface area contributed by atoms with E-state index in [0.29, 0.717) is 5.54 Å². The number of hydrogen-bond donors (Lipinski definition) is 1. The zero-order valence-corrected chi connectivity index (χ0v) is 11.9. The van der Waals surface area contributed by atoms with Crippen LogP contribution in [-0.4, -0.2) is 29.6 Å². The molecule has 2 nitrogen and oxygen atoms in total. The van der Waals surface area contributed by atoms with Gasteiger partial charge in [0, 0.05) is 18.1 Å². The van der Waals surface area contributed by atoms with Crippen LogP contribution in [0.15, 0.2) is 0 Å². The van der Waals surface area contributed by atoms with Gasteiger partial charge in [-0.1, -0.05) is 20.3 Å². The largest absolute Gasteiger partial charge is 0.329 e. The number of nitrogens with zero attached hydrogens (tertiary/aromatic N) is 1. The van der Waals surface area contributed by atoms with Gasteiger partial charge in [0.2, 0.25) is 0 Å². The van der Waals surface area contributed by atoms with Crippen LogP contribution in [0.4, 0.5) is 0 Å². The molecule has 2 fully saturated rings. The van der Waals surface area contributed by atoms with E-state index in [1.54, 1.807) is 0 Å². The molecule has 0 bridgehead atoms. The quantitative estimate of drug-likeness (QED) is 0.801. The molecule has 17 heavy (non-hydrogen) atoms. The molecule has 1 aliphatic carbocycles. The Morgan fingerprint density at radius 1 is 1.18 bits per heavy atom. The molecule has 0 aromatic heterocycles. The monoisotopic (exact) mass is 238 g/mol.